The summed E-state index contributed by atoms with van der Waals surface area (Å²) < 4.78 is 21.6. The number of carbonyl (C=O) groups excluding carboxylic acids is 1. The van der Waals surface area contributed by atoms with E-state index in [1.54, 1.807) is 12.1 Å². The van der Waals surface area contributed by atoms with Crippen molar-refractivity contribution in [1.29, 1.82) is 0 Å². The van der Waals surface area contributed by atoms with Gasteiger partial charge >= 0.3 is 5.97 Å². The summed E-state index contributed by atoms with van der Waals surface area (Å²) in [7, 11) is 0. The van der Waals surface area contributed by atoms with Crippen LogP contribution in [0.5, 0.6) is 0 Å². The van der Waals surface area contributed by atoms with Gasteiger partial charge < -0.3 is 4.74 Å². The van der Waals surface area contributed by atoms with E-state index in [4.69, 9.17) is 14.5 Å². The lowest BCUT2D eigenvalue weighted by molar-refractivity contribution is -0.350. The Morgan fingerprint density at radius 3 is 1.81 bits per heavy atom. The fourth-order valence-corrected chi connectivity index (χ4v) is 5.91. The van der Waals surface area contributed by atoms with Gasteiger partial charge in [-0.25, -0.2) is 19.0 Å². The summed E-state index contributed by atoms with van der Waals surface area (Å²) in [4.78, 5) is 25.6. The summed E-state index contributed by atoms with van der Waals surface area (Å²) in [6, 6.07) is 47.2. The van der Waals surface area contributed by atoms with Crippen LogP contribution >= 0.6 is 0 Å². The molecule has 260 valence electrons. The average Bonchev–Trinajstić information content (AvgIpc) is 3.20. The van der Waals surface area contributed by atoms with Crippen LogP contribution in [0.1, 0.15) is 74.9 Å². The fourth-order valence-electron chi connectivity index (χ4n) is 5.91. The van der Waals surface area contributed by atoms with Gasteiger partial charge in [-0.05, 0) is 63.1 Å². The third-order valence-corrected chi connectivity index (χ3v) is 8.79. The van der Waals surface area contributed by atoms with Crippen molar-refractivity contribution in [2.75, 3.05) is 0 Å². The second-order valence-corrected chi connectivity index (χ2v) is 12.5. The van der Waals surface area contributed by atoms with Gasteiger partial charge in [-0.15, -0.1) is 0 Å². The number of hydrogen-bond donors (Lipinski definition) is 0. The first kappa shape index (κ1) is 35.9. The van der Waals surface area contributed by atoms with Crippen molar-refractivity contribution < 1.29 is 23.7 Å². The average molecular weight is 689 g/mol. The SMILES string of the molecule is C=Cc1ccc(/C=C/c2ccc(COO[C@@H](c3ccccc3)[C@@H](OC(=O)c3ccc(-c4ccc(CCC)cc4)c(F)c3)c3ccccc3)cc2)cc1. The zero-order chi connectivity index (χ0) is 36.1. The lowest BCUT2D eigenvalue weighted by Crippen LogP contribution is -2.21. The first-order valence-corrected chi connectivity index (χ1v) is 17.5. The number of carbonyl (C=O) groups is 1. The lowest BCUT2D eigenvalue weighted by Gasteiger charge is -2.27. The third-order valence-electron chi connectivity index (χ3n) is 8.79. The normalized spacial score (nSPS) is 12.3. The quantitative estimate of drug-likeness (QED) is 0.0466. The maximum Gasteiger partial charge on any atom is 0.338 e. The summed E-state index contributed by atoms with van der Waals surface area (Å²) >= 11 is 0. The molecule has 6 aromatic carbocycles. The second-order valence-electron chi connectivity index (χ2n) is 12.5. The van der Waals surface area contributed by atoms with Crippen molar-refractivity contribution in [3.05, 3.63) is 209 Å². The minimum atomic E-state index is -0.905. The molecule has 2 atom stereocenters. The highest BCUT2D eigenvalue weighted by Crippen LogP contribution is 2.37. The van der Waals surface area contributed by atoms with Crippen molar-refractivity contribution in [3.63, 3.8) is 0 Å². The molecule has 0 bridgehead atoms. The molecule has 0 saturated carbocycles. The molecule has 0 spiro atoms. The first-order chi connectivity index (χ1) is 25.5. The van der Waals surface area contributed by atoms with E-state index in [1.165, 1.54) is 11.6 Å². The van der Waals surface area contributed by atoms with E-state index < -0.39 is 24.0 Å². The predicted molar refractivity (Wildman–Crippen MR) is 207 cm³/mol. The molecule has 0 heterocycles. The minimum absolute atomic E-state index is 0.0976. The molecule has 6 aromatic rings. The summed E-state index contributed by atoms with van der Waals surface area (Å²) in [6.07, 6.45) is 6.21. The number of hydrogen-bond acceptors (Lipinski definition) is 4. The van der Waals surface area contributed by atoms with Crippen LogP contribution in [0.15, 0.2) is 158 Å². The van der Waals surface area contributed by atoms with E-state index in [2.05, 4.69) is 37.8 Å². The second kappa shape index (κ2) is 17.9. The minimum Gasteiger partial charge on any atom is -0.451 e. The summed E-state index contributed by atoms with van der Waals surface area (Å²) in [6.45, 7) is 6.09. The largest absolute Gasteiger partial charge is 0.451 e. The molecule has 4 nitrogen and oxygen atoms in total. The molecule has 0 saturated heterocycles. The third kappa shape index (κ3) is 9.46. The number of aryl methyl sites for hydroxylation is 1. The smallest absolute Gasteiger partial charge is 0.338 e. The predicted octanol–water partition coefficient (Wildman–Crippen LogP) is 12.0. The van der Waals surface area contributed by atoms with Crippen LogP contribution in [-0.2, 0) is 27.5 Å². The number of esters is 1. The summed E-state index contributed by atoms with van der Waals surface area (Å²) in [5.41, 5.74) is 8.04. The Balaban J connectivity index is 1.17. The van der Waals surface area contributed by atoms with Gasteiger partial charge in [0.15, 0.2) is 12.2 Å². The van der Waals surface area contributed by atoms with Crippen LogP contribution in [0.3, 0.4) is 0 Å². The van der Waals surface area contributed by atoms with Crippen LogP contribution in [0.25, 0.3) is 29.4 Å². The number of halogens is 1. The molecule has 0 aromatic heterocycles. The Bertz CT molecular complexity index is 2070. The first-order valence-electron chi connectivity index (χ1n) is 17.5. The molecule has 0 N–H and O–H groups in total. The van der Waals surface area contributed by atoms with Gasteiger partial charge in [0.05, 0.1) is 5.56 Å². The zero-order valence-electron chi connectivity index (χ0n) is 29.2. The van der Waals surface area contributed by atoms with Crippen molar-refractivity contribution in [2.45, 2.75) is 38.6 Å². The number of benzene rings is 6. The highest BCUT2D eigenvalue weighted by molar-refractivity contribution is 5.90. The lowest BCUT2D eigenvalue weighted by atomic mass is 9.98. The Kier molecular flexibility index (Phi) is 12.3. The Morgan fingerprint density at radius 2 is 1.23 bits per heavy atom. The molecule has 52 heavy (non-hydrogen) atoms. The van der Waals surface area contributed by atoms with Gasteiger partial charge in [0.2, 0.25) is 0 Å². The van der Waals surface area contributed by atoms with Crippen LogP contribution in [-0.4, -0.2) is 5.97 Å². The van der Waals surface area contributed by atoms with E-state index in [1.807, 2.05) is 127 Å². The number of rotatable bonds is 15. The monoisotopic (exact) mass is 688 g/mol. The standard InChI is InChI=1S/C47H41FO4/c1-3-11-35-26-28-39(29-27-35)43-31-30-42(32-44(43)48)47(49)51-45(40-12-7-5-8-13-40)46(41-14-9-6-10-15-41)52-50-33-38-24-22-37(23-25-38)21-20-36-18-16-34(4-2)17-19-36/h4-10,12-32,45-46H,2-3,11,33H2,1H3/b21-20+/t45-,46-/m0/s1. The van der Waals surface area contributed by atoms with Gasteiger partial charge in [-0.2, -0.15) is 0 Å². The molecular formula is C47H41FO4. The maximum atomic E-state index is 15.5. The van der Waals surface area contributed by atoms with Gasteiger partial charge in [-0.3, -0.25) is 0 Å². The Labute approximate surface area is 305 Å². The van der Waals surface area contributed by atoms with E-state index in [0.29, 0.717) is 11.1 Å². The number of ether oxygens (including phenoxy) is 1. The molecule has 0 unspecified atom stereocenters. The molecule has 0 fully saturated rings. The molecule has 0 aliphatic carbocycles. The van der Waals surface area contributed by atoms with E-state index in [-0.39, 0.29) is 12.2 Å². The van der Waals surface area contributed by atoms with E-state index in [0.717, 1.165) is 46.2 Å². The van der Waals surface area contributed by atoms with Gasteiger partial charge in [-0.1, -0.05) is 178 Å². The van der Waals surface area contributed by atoms with Crippen molar-refractivity contribution in [2.24, 2.45) is 0 Å². The van der Waals surface area contributed by atoms with Gasteiger partial charge in [0.25, 0.3) is 0 Å². The molecule has 0 aliphatic rings. The fraction of sp³-hybridized carbons (Fsp3) is 0.128. The van der Waals surface area contributed by atoms with Crippen LogP contribution in [0, 0.1) is 5.82 Å². The highest BCUT2D eigenvalue weighted by atomic mass is 19.1. The van der Waals surface area contributed by atoms with E-state index >= 15 is 4.39 Å². The zero-order valence-corrected chi connectivity index (χ0v) is 29.2. The molecule has 0 aliphatic heterocycles. The molecule has 6 rings (SSSR count). The van der Waals surface area contributed by atoms with E-state index in [9.17, 15) is 4.79 Å². The molecule has 5 heteroatoms. The van der Waals surface area contributed by atoms with Crippen LogP contribution < -0.4 is 0 Å². The van der Waals surface area contributed by atoms with Gasteiger partial charge in [0, 0.05) is 5.56 Å². The summed E-state index contributed by atoms with van der Waals surface area (Å²) in [5, 5.41) is 0. The summed E-state index contributed by atoms with van der Waals surface area (Å²) in [5.74, 6) is -1.18. The maximum absolute atomic E-state index is 15.5. The van der Waals surface area contributed by atoms with Gasteiger partial charge in [0.1, 0.15) is 12.4 Å². The molecular weight excluding hydrogens is 648 g/mol. The highest BCUT2D eigenvalue weighted by Gasteiger charge is 2.31. The van der Waals surface area contributed by atoms with Crippen molar-refractivity contribution in [3.8, 4) is 11.1 Å². The Morgan fingerprint density at radius 1 is 0.673 bits per heavy atom. The van der Waals surface area contributed by atoms with Crippen molar-refractivity contribution in [1.82, 2.24) is 0 Å². The van der Waals surface area contributed by atoms with Crippen LogP contribution in [0.2, 0.25) is 0 Å². The van der Waals surface area contributed by atoms with Crippen LogP contribution in [0.4, 0.5) is 4.39 Å². The topological polar surface area (TPSA) is 44.8 Å². The Hall–Kier alpha value is -5.88. The molecule has 0 radical (unpaired) electrons. The van der Waals surface area contributed by atoms with Crippen molar-refractivity contribution >= 4 is 24.2 Å². The molecule has 0 amide bonds.